The number of hydrogen-bond acceptors (Lipinski definition) is 2. The fraction of sp³-hybridized carbons (Fsp3) is 1.00. The van der Waals surface area contributed by atoms with Gasteiger partial charge < -0.3 is 5.32 Å². The third kappa shape index (κ3) is 2.60. The maximum absolute atomic E-state index is 3.68. The monoisotopic (exact) mass is 224 g/mol. The van der Waals surface area contributed by atoms with Crippen molar-refractivity contribution in [2.75, 3.05) is 13.1 Å². The van der Waals surface area contributed by atoms with E-state index in [0.29, 0.717) is 6.04 Å². The van der Waals surface area contributed by atoms with Crippen molar-refractivity contribution in [1.29, 1.82) is 0 Å². The van der Waals surface area contributed by atoms with E-state index in [1.165, 1.54) is 32.4 Å². The number of likely N-dealkylation sites (tertiary alicyclic amines) is 1. The molecule has 1 aliphatic carbocycles. The topological polar surface area (TPSA) is 15.3 Å². The lowest BCUT2D eigenvalue weighted by Gasteiger charge is -2.29. The van der Waals surface area contributed by atoms with Gasteiger partial charge in [0, 0.05) is 31.2 Å². The number of rotatable bonds is 3. The van der Waals surface area contributed by atoms with Gasteiger partial charge in [0.2, 0.25) is 0 Å². The molecule has 1 aliphatic heterocycles. The molecule has 4 atom stereocenters. The highest BCUT2D eigenvalue weighted by Crippen LogP contribution is 2.36. The zero-order valence-electron chi connectivity index (χ0n) is 11.4. The van der Waals surface area contributed by atoms with E-state index >= 15 is 0 Å². The van der Waals surface area contributed by atoms with E-state index < -0.39 is 0 Å². The molecule has 1 heterocycles. The van der Waals surface area contributed by atoms with E-state index in [-0.39, 0.29) is 0 Å². The molecular weight excluding hydrogens is 196 g/mol. The predicted octanol–water partition coefficient (Wildman–Crippen LogP) is 2.49. The molecule has 0 aromatic rings. The molecule has 0 aromatic heterocycles. The molecule has 2 aliphatic rings. The second-order valence-electron chi connectivity index (χ2n) is 6.28. The number of nitrogens with zero attached hydrogens (tertiary/aromatic N) is 1. The number of nitrogens with one attached hydrogen (secondary N) is 1. The van der Waals surface area contributed by atoms with Gasteiger partial charge in [-0.1, -0.05) is 27.7 Å². The van der Waals surface area contributed by atoms with Gasteiger partial charge in [0.05, 0.1) is 0 Å². The quantitative estimate of drug-likeness (QED) is 0.792. The van der Waals surface area contributed by atoms with Gasteiger partial charge in [-0.05, 0) is 31.1 Å². The summed E-state index contributed by atoms with van der Waals surface area (Å²) in [5.41, 5.74) is 0. The molecule has 0 radical (unpaired) electrons. The van der Waals surface area contributed by atoms with Gasteiger partial charge in [-0.3, -0.25) is 4.90 Å². The summed E-state index contributed by atoms with van der Waals surface area (Å²) in [6.45, 7) is 12.0. The summed E-state index contributed by atoms with van der Waals surface area (Å²) < 4.78 is 0. The fourth-order valence-corrected chi connectivity index (χ4v) is 3.55. The maximum Gasteiger partial charge on any atom is 0.0209 e. The molecule has 0 bridgehead atoms. The van der Waals surface area contributed by atoms with Crippen molar-refractivity contribution in [3.8, 4) is 0 Å². The summed E-state index contributed by atoms with van der Waals surface area (Å²) in [6, 6.07) is 2.24. The Kier molecular flexibility index (Phi) is 3.91. The Morgan fingerprint density at radius 2 is 1.88 bits per heavy atom. The van der Waals surface area contributed by atoms with E-state index in [9.17, 15) is 0 Å². The Balaban J connectivity index is 1.84. The highest BCUT2D eigenvalue weighted by molar-refractivity contribution is 4.92. The van der Waals surface area contributed by atoms with Crippen LogP contribution in [0.4, 0.5) is 0 Å². The molecule has 1 saturated carbocycles. The SMILES string of the molecule is CC(C)NC1CCN(C2CCC(C)C2C)C1. The van der Waals surface area contributed by atoms with Crippen LogP contribution >= 0.6 is 0 Å². The first-order valence-electron chi connectivity index (χ1n) is 7.08. The second kappa shape index (κ2) is 5.05. The van der Waals surface area contributed by atoms with Gasteiger partial charge in [-0.2, -0.15) is 0 Å². The Morgan fingerprint density at radius 3 is 2.44 bits per heavy atom. The normalized spacial score (nSPS) is 41.1. The van der Waals surface area contributed by atoms with Gasteiger partial charge in [-0.15, -0.1) is 0 Å². The molecule has 2 fully saturated rings. The molecule has 0 spiro atoms. The van der Waals surface area contributed by atoms with E-state index in [1.54, 1.807) is 0 Å². The summed E-state index contributed by atoms with van der Waals surface area (Å²) in [5, 5.41) is 3.68. The molecule has 1 saturated heterocycles. The van der Waals surface area contributed by atoms with Crippen molar-refractivity contribution in [3.05, 3.63) is 0 Å². The first-order valence-corrected chi connectivity index (χ1v) is 7.08. The summed E-state index contributed by atoms with van der Waals surface area (Å²) in [5.74, 6) is 1.83. The lowest BCUT2D eigenvalue weighted by molar-refractivity contribution is 0.187. The van der Waals surface area contributed by atoms with E-state index in [2.05, 4.69) is 37.9 Å². The third-order valence-corrected chi connectivity index (χ3v) is 4.68. The zero-order chi connectivity index (χ0) is 11.7. The molecular formula is C14H28N2. The highest BCUT2D eigenvalue weighted by atomic mass is 15.2. The van der Waals surface area contributed by atoms with Crippen LogP contribution in [0, 0.1) is 11.8 Å². The Morgan fingerprint density at radius 1 is 1.12 bits per heavy atom. The van der Waals surface area contributed by atoms with Gasteiger partial charge in [0.15, 0.2) is 0 Å². The second-order valence-corrected chi connectivity index (χ2v) is 6.28. The maximum atomic E-state index is 3.68. The Bertz CT molecular complexity index is 227. The van der Waals surface area contributed by atoms with Crippen LogP contribution in [0.25, 0.3) is 0 Å². The van der Waals surface area contributed by atoms with Gasteiger partial charge in [0.25, 0.3) is 0 Å². The van der Waals surface area contributed by atoms with Crippen LogP contribution in [0.1, 0.15) is 47.0 Å². The summed E-state index contributed by atoms with van der Waals surface area (Å²) in [4.78, 5) is 2.74. The van der Waals surface area contributed by atoms with E-state index in [4.69, 9.17) is 0 Å². The van der Waals surface area contributed by atoms with Crippen molar-refractivity contribution in [3.63, 3.8) is 0 Å². The van der Waals surface area contributed by atoms with E-state index in [1.807, 2.05) is 0 Å². The van der Waals surface area contributed by atoms with Crippen molar-refractivity contribution >= 4 is 0 Å². The molecule has 1 N–H and O–H groups in total. The lowest BCUT2D eigenvalue weighted by atomic mass is 9.97. The Hall–Kier alpha value is -0.0800. The molecule has 0 aromatic carbocycles. The first kappa shape index (κ1) is 12.4. The average Bonchev–Trinajstić information content (AvgIpc) is 2.75. The Labute approximate surface area is 101 Å². The first-order chi connectivity index (χ1) is 7.58. The van der Waals surface area contributed by atoms with Crippen LogP contribution in [-0.4, -0.2) is 36.1 Å². The molecule has 94 valence electrons. The minimum Gasteiger partial charge on any atom is -0.310 e. The predicted molar refractivity (Wildman–Crippen MR) is 69.6 cm³/mol. The number of hydrogen-bond donors (Lipinski definition) is 1. The van der Waals surface area contributed by atoms with E-state index in [0.717, 1.165) is 23.9 Å². The van der Waals surface area contributed by atoms with Crippen LogP contribution in [-0.2, 0) is 0 Å². The lowest BCUT2D eigenvalue weighted by Crippen LogP contribution is -2.41. The summed E-state index contributed by atoms with van der Waals surface area (Å²) >= 11 is 0. The molecule has 2 nitrogen and oxygen atoms in total. The van der Waals surface area contributed by atoms with Crippen molar-refractivity contribution in [1.82, 2.24) is 10.2 Å². The van der Waals surface area contributed by atoms with Gasteiger partial charge >= 0.3 is 0 Å². The summed E-state index contributed by atoms with van der Waals surface area (Å²) in [7, 11) is 0. The fourth-order valence-electron chi connectivity index (χ4n) is 3.55. The molecule has 2 rings (SSSR count). The van der Waals surface area contributed by atoms with Gasteiger partial charge in [-0.25, -0.2) is 0 Å². The highest BCUT2D eigenvalue weighted by Gasteiger charge is 2.37. The smallest absolute Gasteiger partial charge is 0.0209 e. The van der Waals surface area contributed by atoms with Crippen LogP contribution in [0.15, 0.2) is 0 Å². The van der Waals surface area contributed by atoms with Crippen molar-refractivity contribution in [2.45, 2.75) is 65.1 Å². The summed E-state index contributed by atoms with van der Waals surface area (Å²) in [6.07, 6.45) is 4.21. The molecule has 16 heavy (non-hydrogen) atoms. The average molecular weight is 224 g/mol. The van der Waals surface area contributed by atoms with Gasteiger partial charge in [0.1, 0.15) is 0 Å². The third-order valence-electron chi connectivity index (χ3n) is 4.68. The molecule has 4 unspecified atom stereocenters. The van der Waals surface area contributed by atoms with Crippen LogP contribution in [0.5, 0.6) is 0 Å². The van der Waals surface area contributed by atoms with Crippen LogP contribution in [0.2, 0.25) is 0 Å². The van der Waals surface area contributed by atoms with Crippen LogP contribution < -0.4 is 5.32 Å². The minimum atomic E-state index is 0.630. The molecule has 2 heteroatoms. The minimum absolute atomic E-state index is 0.630. The van der Waals surface area contributed by atoms with Crippen LogP contribution in [0.3, 0.4) is 0 Å². The zero-order valence-corrected chi connectivity index (χ0v) is 11.4. The largest absolute Gasteiger partial charge is 0.310 e. The standard InChI is InChI=1S/C14H28N2/c1-10(2)15-13-7-8-16(9-13)14-6-5-11(3)12(14)4/h10-15H,5-9H2,1-4H3. The molecule has 0 amide bonds. The van der Waals surface area contributed by atoms with Crippen molar-refractivity contribution < 1.29 is 0 Å². The van der Waals surface area contributed by atoms with Crippen molar-refractivity contribution in [2.24, 2.45) is 11.8 Å².